The van der Waals surface area contributed by atoms with Crippen LogP contribution >= 0.6 is 0 Å². The van der Waals surface area contributed by atoms with Crippen LogP contribution in [0.15, 0.2) is 48.5 Å². The van der Waals surface area contributed by atoms with E-state index in [0.717, 1.165) is 11.3 Å². The number of aliphatic hydroxyl groups is 1. The molecule has 0 fully saturated rings. The minimum absolute atomic E-state index is 0.290. The van der Waals surface area contributed by atoms with Crippen LogP contribution in [-0.4, -0.2) is 24.8 Å². The quantitative estimate of drug-likeness (QED) is 0.770. The lowest BCUT2D eigenvalue weighted by atomic mass is 10.1. The molecule has 2 N–H and O–H groups in total. The van der Waals surface area contributed by atoms with Crippen molar-refractivity contribution in [2.75, 3.05) is 19.7 Å². The summed E-state index contributed by atoms with van der Waals surface area (Å²) < 4.78 is 19.0. The van der Waals surface area contributed by atoms with E-state index in [9.17, 15) is 9.50 Å². The smallest absolute Gasteiger partial charge is 0.129 e. The van der Waals surface area contributed by atoms with Crippen molar-refractivity contribution in [1.29, 1.82) is 0 Å². The van der Waals surface area contributed by atoms with Gasteiger partial charge in [0.1, 0.15) is 18.2 Å². The molecule has 0 aliphatic heterocycles. The summed E-state index contributed by atoms with van der Waals surface area (Å²) in [5.41, 5.74) is 1.46. The minimum Gasteiger partial charge on any atom is -0.492 e. The van der Waals surface area contributed by atoms with Crippen LogP contribution in [0.5, 0.6) is 5.75 Å². The highest BCUT2D eigenvalue weighted by Gasteiger charge is 2.11. The van der Waals surface area contributed by atoms with E-state index >= 15 is 0 Å². The molecule has 2 aromatic carbocycles. The van der Waals surface area contributed by atoms with Crippen LogP contribution in [0.2, 0.25) is 0 Å². The van der Waals surface area contributed by atoms with Crippen LogP contribution in [0, 0.1) is 12.7 Å². The van der Waals surface area contributed by atoms with Gasteiger partial charge in [-0.2, -0.15) is 0 Å². The molecule has 112 valence electrons. The molecule has 0 aliphatic carbocycles. The van der Waals surface area contributed by atoms with Crippen LogP contribution in [0.4, 0.5) is 4.39 Å². The largest absolute Gasteiger partial charge is 0.492 e. The highest BCUT2D eigenvalue weighted by molar-refractivity contribution is 5.27. The Kier molecular flexibility index (Phi) is 5.72. The molecule has 21 heavy (non-hydrogen) atoms. The Balaban J connectivity index is 1.69. The molecule has 0 heterocycles. The van der Waals surface area contributed by atoms with E-state index in [1.165, 1.54) is 6.07 Å². The number of ether oxygens (including phenoxy) is 1. The second-order valence-corrected chi connectivity index (χ2v) is 4.91. The van der Waals surface area contributed by atoms with Gasteiger partial charge in [0.2, 0.25) is 0 Å². The van der Waals surface area contributed by atoms with E-state index in [-0.39, 0.29) is 12.4 Å². The molecule has 0 aliphatic rings. The molecular formula is C17H20FNO2. The number of nitrogens with one attached hydrogen (secondary N) is 1. The van der Waals surface area contributed by atoms with Gasteiger partial charge in [0, 0.05) is 18.7 Å². The first kappa shape index (κ1) is 15.5. The maximum Gasteiger partial charge on any atom is 0.129 e. The van der Waals surface area contributed by atoms with Crippen LogP contribution in [0.25, 0.3) is 0 Å². The van der Waals surface area contributed by atoms with Gasteiger partial charge < -0.3 is 15.2 Å². The predicted molar refractivity (Wildman–Crippen MR) is 80.9 cm³/mol. The molecule has 3 nitrogen and oxygen atoms in total. The molecule has 0 bridgehead atoms. The van der Waals surface area contributed by atoms with Gasteiger partial charge in [-0.25, -0.2) is 4.39 Å². The summed E-state index contributed by atoms with van der Waals surface area (Å²) in [6, 6.07) is 14.1. The van der Waals surface area contributed by atoms with Crippen molar-refractivity contribution in [3.05, 3.63) is 65.5 Å². The predicted octanol–water partition coefficient (Wildman–Crippen LogP) is 2.84. The molecule has 2 aromatic rings. The third-order valence-electron chi connectivity index (χ3n) is 3.14. The first-order valence-electron chi connectivity index (χ1n) is 6.99. The highest BCUT2D eigenvalue weighted by atomic mass is 19.1. The summed E-state index contributed by atoms with van der Waals surface area (Å²) in [4.78, 5) is 0. The van der Waals surface area contributed by atoms with E-state index in [4.69, 9.17) is 4.74 Å². The second kappa shape index (κ2) is 7.76. The average Bonchev–Trinajstić information content (AvgIpc) is 2.47. The molecule has 0 spiro atoms. The number of halogens is 1. The number of rotatable bonds is 7. The van der Waals surface area contributed by atoms with Gasteiger partial charge >= 0.3 is 0 Å². The number of benzene rings is 2. The van der Waals surface area contributed by atoms with Crippen molar-refractivity contribution in [1.82, 2.24) is 5.32 Å². The van der Waals surface area contributed by atoms with E-state index in [1.807, 2.05) is 31.2 Å². The third kappa shape index (κ3) is 4.85. The molecule has 1 atom stereocenters. The molecule has 1 unspecified atom stereocenters. The van der Waals surface area contributed by atoms with Gasteiger partial charge in [0.05, 0.1) is 6.10 Å². The summed E-state index contributed by atoms with van der Waals surface area (Å²) in [7, 11) is 0. The average molecular weight is 289 g/mol. The lowest BCUT2D eigenvalue weighted by molar-refractivity contribution is 0.167. The molecule has 0 saturated carbocycles. The van der Waals surface area contributed by atoms with Gasteiger partial charge in [-0.3, -0.25) is 0 Å². The monoisotopic (exact) mass is 289 g/mol. The summed E-state index contributed by atoms with van der Waals surface area (Å²) in [6.45, 7) is 3.38. The number of aryl methyl sites for hydroxylation is 1. The Labute approximate surface area is 124 Å². The van der Waals surface area contributed by atoms with Crippen molar-refractivity contribution in [2.24, 2.45) is 0 Å². The molecule has 2 rings (SSSR count). The lowest BCUT2D eigenvalue weighted by Gasteiger charge is -2.13. The summed E-state index contributed by atoms with van der Waals surface area (Å²) >= 11 is 0. The fraction of sp³-hybridized carbons (Fsp3) is 0.294. The fourth-order valence-corrected chi connectivity index (χ4v) is 2.04. The Hall–Kier alpha value is -1.91. The molecule has 0 saturated heterocycles. The van der Waals surface area contributed by atoms with Gasteiger partial charge in [-0.05, 0) is 30.7 Å². The molecule has 0 radical (unpaired) electrons. The number of hydrogen-bond acceptors (Lipinski definition) is 3. The highest BCUT2D eigenvalue weighted by Crippen LogP contribution is 2.15. The zero-order valence-corrected chi connectivity index (χ0v) is 12.1. The maximum absolute atomic E-state index is 13.5. The Morgan fingerprint density at radius 3 is 2.76 bits per heavy atom. The number of hydrogen-bond donors (Lipinski definition) is 2. The zero-order chi connectivity index (χ0) is 15.1. The van der Waals surface area contributed by atoms with Crippen molar-refractivity contribution >= 4 is 0 Å². The van der Waals surface area contributed by atoms with Crippen molar-refractivity contribution in [3.63, 3.8) is 0 Å². The fourth-order valence-electron chi connectivity index (χ4n) is 2.04. The Morgan fingerprint density at radius 1 is 1.19 bits per heavy atom. The lowest BCUT2D eigenvalue weighted by Crippen LogP contribution is -2.26. The van der Waals surface area contributed by atoms with Crippen LogP contribution < -0.4 is 10.1 Å². The maximum atomic E-state index is 13.5. The molecule has 0 amide bonds. The van der Waals surface area contributed by atoms with Gasteiger partial charge in [-0.1, -0.05) is 30.3 Å². The zero-order valence-electron chi connectivity index (χ0n) is 12.1. The molecule has 0 aromatic heterocycles. The van der Waals surface area contributed by atoms with Crippen LogP contribution in [-0.2, 0) is 0 Å². The van der Waals surface area contributed by atoms with E-state index < -0.39 is 6.10 Å². The van der Waals surface area contributed by atoms with Crippen molar-refractivity contribution in [3.8, 4) is 5.75 Å². The summed E-state index contributed by atoms with van der Waals surface area (Å²) in [5.74, 6) is 0.439. The van der Waals surface area contributed by atoms with E-state index in [1.54, 1.807) is 18.2 Å². The first-order valence-corrected chi connectivity index (χ1v) is 6.99. The second-order valence-electron chi connectivity index (χ2n) is 4.91. The first-order chi connectivity index (χ1) is 10.2. The Bertz CT molecular complexity index is 574. The van der Waals surface area contributed by atoms with E-state index in [0.29, 0.717) is 18.7 Å². The van der Waals surface area contributed by atoms with Crippen molar-refractivity contribution < 1.29 is 14.2 Å². The minimum atomic E-state index is -0.856. The van der Waals surface area contributed by atoms with E-state index in [2.05, 4.69) is 5.32 Å². The van der Waals surface area contributed by atoms with Gasteiger partial charge in [-0.15, -0.1) is 0 Å². The van der Waals surface area contributed by atoms with Crippen LogP contribution in [0.3, 0.4) is 0 Å². The number of aliphatic hydroxyl groups excluding tert-OH is 1. The summed E-state index contributed by atoms with van der Waals surface area (Å²) in [6.07, 6.45) is -0.856. The third-order valence-corrected chi connectivity index (χ3v) is 3.14. The standard InChI is InChI=1S/C17H20FNO2/c1-13-5-4-6-14(11-13)21-10-9-19-12-17(20)15-7-2-3-8-16(15)18/h2-8,11,17,19-20H,9-10,12H2,1H3. The topological polar surface area (TPSA) is 41.5 Å². The normalized spacial score (nSPS) is 12.1. The van der Waals surface area contributed by atoms with Crippen LogP contribution in [0.1, 0.15) is 17.2 Å². The molecular weight excluding hydrogens is 269 g/mol. The van der Waals surface area contributed by atoms with Gasteiger partial charge in [0.15, 0.2) is 0 Å². The molecule has 4 heteroatoms. The van der Waals surface area contributed by atoms with Gasteiger partial charge in [0.25, 0.3) is 0 Å². The van der Waals surface area contributed by atoms with Crippen molar-refractivity contribution in [2.45, 2.75) is 13.0 Å². The summed E-state index contributed by atoms with van der Waals surface area (Å²) in [5, 5.41) is 13.0. The Morgan fingerprint density at radius 2 is 2.00 bits per heavy atom. The SMILES string of the molecule is Cc1cccc(OCCNCC(O)c2ccccc2F)c1.